The Balaban J connectivity index is 2.24. The van der Waals surface area contributed by atoms with Crippen LogP contribution < -0.4 is 10.6 Å². The van der Waals surface area contributed by atoms with Gasteiger partial charge in [0.2, 0.25) is 0 Å². The molecule has 2 heterocycles. The highest BCUT2D eigenvalue weighted by Gasteiger charge is 2.35. The van der Waals surface area contributed by atoms with Gasteiger partial charge in [-0.1, -0.05) is 6.92 Å². The van der Waals surface area contributed by atoms with E-state index in [9.17, 15) is 0 Å². The Kier molecular flexibility index (Phi) is 3.38. The molecule has 3 nitrogen and oxygen atoms in total. The first-order valence-corrected chi connectivity index (χ1v) is 6.53. The van der Waals surface area contributed by atoms with Crippen molar-refractivity contribution in [2.45, 2.75) is 32.2 Å². The number of hydrogen-bond donors (Lipinski definition) is 2. The summed E-state index contributed by atoms with van der Waals surface area (Å²) in [6.45, 7) is 7.43. The average Bonchev–Trinajstić information content (AvgIpc) is 2.67. The molecule has 0 bridgehead atoms. The molecule has 1 fully saturated rings. The number of aromatic nitrogens is 1. The Morgan fingerprint density at radius 1 is 1.53 bits per heavy atom. The molecule has 2 rings (SSSR count). The lowest BCUT2D eigenvalue weighted by atomic mass is 9.89. The molecule has 1 aliphatic heterocycles. The number of nitrogens with one attached hydrogen (secondary N) is 2. The smallest absolute Gasteiger partial charge is 0.113 e. The lowest BCUT2D eigenvalue weighted by molar-refractivity contribution is 0.250. The number of nitrogens with zero attached hydrogens (tertiary/aromatic N) is 1. The summed E-state index contributed by atoms with van der Waals surface area (Å²) in [5.74, 6) is 0. The van der Waals surface area contributed by atoms with Crippen LogP contribution in [0, 0.1) is 6.92 Å². The monoisotopic (exact) mass is 225 g/mol. The molecular formula is C11H19N3S. The van der Waals surface area contributed by atoms with Crippen molar-refractivity contribution in [1.82, 2.24) is 15.6 Å². The number of aryl methyl sites for hydroxylation is 1. The van der Waals surface area contributed by atoms with Crippen LogP contribution in [0.2, 0.25) is 0 Å². The van der Waals surface area contributed by atoms with Crippen LogP contribution in [0.1, 0.15) is 30.5 Å². The normalized spacial score (nSPS) is 20.4. The summed E-state index contributed by atoms with van der Waals surface area (Å²) in [5.41, 5.74) is 1.28. The Hall–Kier alpha value is -0.450. The molecule has 4 heteroatoms. The van der Waals surface area contributed by atoms with Crippen LogP contribution in [0.25, 0.3) is 0 Å². The van der Waals surface area contributed by atoms with Crippen LogP contribution in [0.3, 0.4) is 0 Å². The maximum Gasteiger partial charge on any atom is 0.113 e. The molecule has 2 N–H and O–H groups in total. The molecule has 0 unspecified atom stereocenters. The van der Waals surface area contributed by atoms with Gasteiger partial charge >= 0.3 is 0 Å². The third-order valence-corrected chi connectivity index (χ3v) is 4.16. The van der Waals surface area contributed by atoms with E-state index in [1.807, 2.05) is 0 Å². The highest BCUT2D eigenvalue weighted by atomic mass is 32.1. The third-order valence-electron chi connectivity index (χ3n) is 3.00. The summed E-state index contributed by atoms with van der Waals surface area (Å²) in [5, 5.41) is 10.5. The number of piperidine rings is 1. The van der Waals surface area contributed by atoms with Crippen LogP contribution >= 0.6 is 11.3 Å². The van der Waals surface area contributed by atoms with Crippen molar-refractivity contribution in [3.05, 3.63) is 16.1 Å². The molecule has 0 radical (unpaired) electrons. The summed E-state index contributed by atoms with van der Waals surface area (Å²) in [4.78, 5) is 4.65. The van der Waals surface area contributed by atoms with Crippen molar-refractivity contribution in [2.75, 3.05) is 19.6 Å². The minimum Gasteiger partial charge on any atom is -0.317 e. The second-order valence-corrected chi connectivity index (χ2v) is 5.01. The number of hydrogen-bond acceptors (Lipinski definition) is 4. The maximum absolute atomic E-state index is 4.65. The van der Waals surface area contributed by atoms with Gasteiger partial charge in [0.25, 0.3) is 0 Å². The molecule has 0 atom stereocenters. The minimum absolute atomic E-state index is 0.138. The Morgan fingerprint density at radius 2 is 2.27 bits per heavy atom. The minimum atomic E-state index is 0.138. The first-order chi connectivity index (χ1) is 7.27. The molecule has 0 aromatic carbocycles. The lowest BCUT2D eigenvalue weighted by Crippen LogP contribution is -2.49. The van der Waals surface area contributed by atoms with Gasteiger partial charge in [-0.3, -0.25) is 0 Å². The molecule has 0 saturated carbocycles. The zero-order chi connectivity index (χ0) is 10.7. The zero-order valence-electron chi connectivity index (χ0n) is 9.47. The van der Waals surface area contributed by atoms with Gasteiger partial charge in [-0.25, -0.2) is 4.98 Å². The van der Waals surface area contributed by atoms with Crippen molar-refractivity contribution in [3.63, 3.8) is 0 Å². The van der Waals surface area contributed by atoms with Gasteiger partial charge in [-0.15, -0.1) is 11.3 Å². The summed E-state index contributed by atoms with van der Waals surface area (Å²) in [6, 6.07) is 0. The molecule has 1 aromatic heterocycles. The highest BCUT2D eigenvalue weighted by Crippen LogP contribution is 2.32. The fourth-order valence-corrected chi connectivity index (χ4v) is 3.27. The Morgan fingerprint density at radius 3 is 2.80 bits per heavy atom. The highest BCUT2D eigenvalue weighted by molar-refractivity contribution is 7.09. The fourth-order valence-electron chi connectivity index (χ4n) is 2.23. The van der Waals surface area contributed by atoms with Crippen LogP contribution in [0.5, 0.6) is 0 Å². The molecule has 1 aliphatic rings. The quantitative estimate of drug-likeness (QED) is 0.821. The maximum atomic E-state index is 4.65. The van der Waals surface area contributed by atoms with E-state index >= 15 is 0 Å². The molecular weight excluding hydrogens is 206 g/mol. The van der Waals surface area contributed by atoms with E-state index in [2.05, 4.69) is 34.8 Å². The largest absolute Gasteiger partial charge is 0.317 e. The first-order valence-electron chi connectivity index (χ1n) is 5.65. The molecule has 0 amide bonds. The van der Waals surface area contributed by atoms with Crippen molar-refractivity contribution >= 4 is 11.3 Å². The van der Waals surface area contributed by atoms with Gasteiger partial charge < -0.3 is 10.6 Å². The van der Waals surface area contributed by atoms with Crippen LogP contribution in [0.15, 0.2) is 5.38 Å². The molecule has 1 saturated heterocycles. The summed E-state index contributed by atoms with van der Waals surface area (Å²) >= 11 is 1.79. The topological polar surface area (TPSA) is 37.0 Å². The Bertz CT molecular complexity index is 310. The summed E-state index contributed by atoms with van der Waals surface area (Å²) < 4.78 is 0. The molecule has 1 aromatic rings. The SMILES string of the molecule is CCNC1(c2nc(C)cs2)CCNCC1. The summed E-state index contributed by atoms with van der Waals surface area (Å²) in [6.07, 6.45) is 2.29. The van der Waals surface area contributed by atoms with Gasteiger partial charge in [0.1, 0.15) is 5.01 Å². The van der Waals surface area contributed by atoms with Crippen molar-refractivity contribution < 1.29 is 0 Å². The van der Waals surface area contributed by atoms with Crippen LogP contribution in [-0.2, 0) is 5.54 Å². The van der Waals surface area contributed by atoms with E-state index in [0.717, 1.165) is 38.2 Å². The lowest BCUT2D eigenvalue weighted by Gasteiger charge is -2.36. The van der Waals surface area contributed by atoms with E-state index in [-0.39, 0.29) is 5.54 Å². The van der Waals surface area contributed by atoms with Crippen molar-refractivity contribution in [1.29, 1.82) is 0 Å². The van der Waals surface area contributed by atoms with Gasteiger partial charge in [-0.2, -0.15) is 0 Å². The molecule has 0 aliphatic carbocycles. The van der Waals surface area contributed by atoms with Crippen LogP contribution in [-0.4, -0.2) is 24.6 Å². The van der Waals surface area contributed by atoms with E-state index in [4.69, 9.17) is 0 Å². The van der Waals surface area contributed by atoms with E-state index < -0.39 is 0 Å². The Labute approximate surface area is 95.3 Å². The van der Waals surface area contributed by atoms with Gasteiger partial charge in [0, 0.05) is 11.1 Å². The number of rotatable bonds is 3. The van der Waals surface area contributed by atoms with Gasteiger partial charge in [-0.05, 0) is 39.4 Å². The predicted octanol–water partition coefficient (Wildman–Crippen LogP) is 1.64. The van der Waals surface area contributed by atoms with Crippen molar-refractivity contribution in [3.8, 4) is 0 Å². The second-order valence-electron chi connectivity index (χ2n) is 4.16. The van der Waals surface area contributed by atoms with Crippen molar-refractivity contribution in [2.24, 2.45) is 0 Å². The fraction of sp³-hybridized carbons (Fsp3) is 0.727. The van der Waals surface area contributed by atoms with E-state index in [1.54, 1.807) is 11.3 Å². The van der Waals surface area contributed by atoms with Gasteiger partial charge in [0.15, 0.2) is 0 Å². The number of thiazole rings is 1. The average molecular weight is 225 g/mol. The molecule has 15 heavy (non-hydrogen) atoms. The first kappa shape index (κ1) is 11.0. The summed E-state index contributed by atoms with van der Waals surface area (Å²) in [7, 11) is 0. The van der Waals surface area contributed by atoms with E-state index in [1.165, 1.54) is 5.01 Å². The van der Waals surface area contributed by atoms with Gasteiger partial charge in [0.05, 0.1) is 5.54 Å². The predicted molar refractivity (Wildman–Crippen MR) is 64.3 cm³/mol. The second kappa shape index (κ2) is 4.60. The molecule has 0 spiro atoms. The molecule has 84 valence electrons. The standard InChI is InChI=1S/C11H19N3S/c1-3-13-11(4-6-12-7-5-11)10-14-9(2)8-15-10/h8,12-13H,3-7H2,1-2H3. The van der Waals surface area contributed by atoms with Crippen LogP contribution in [0.4, 0.5) is 0 Å². The van der Waals surface area contributed by atoms with E-state index in [0.29, 0.717) is 0 Å². The zero-order valence-corrected chi connectivity index (χ0v) is 10.3. The third kappa shape index (κ3) is 2.22.